The van der Waals surface area contributed by atoms with Crippen molar-refractivity contribution < 1.29 is 4.74 Å². The Hall–Kier alpha value is -3.52. The molecule has 130 valence electrons. The summed E-state index contributed by atoms with van der Waals surface area (Å²) in [7, 11) is 0. The molecule has 0 bridgehead atoms. The molecular formula is C25H19NO. The number of hydrogen-bond donors (Lipinski definition) is 1. The van der Waals surface area contributed by atoms with E-state index in [4.69, 9.17) is 10.5 Å². The quantitative estimate of drug-likeness (QED) is 0.388. The van der Waals surface area contributed by atoms with Crippen LogP contribution in [0.5, 0.6) is 11.5 Å². The number of nitrogen functional groups attached to an aromatic ring is 1. The summed E-state index contributed by atoms with van der Waals surface area (Å²) in [5, 5.41) is 0. The van der Waals surface area contributed by atoms with Crippen LogP contribution in [0.15, 0.2) is 91.0 Å². The lowest BCUT2D eigenvalue weighted by atomic mass is 9.95. The molecule has 0 fully saturated rings. The van der Waals surface area contributed by atoms with Gasteiger partial charge in [-0.25, -0.2) is 0 Å². The second-order valence-electron chi connectivity index (χ2n) is 6.84. The van der Waals surface area contributed by atoms with Crippen molar-refractivity contribution in [3.05, 3.63) is 102 Å². The molecule has 0 saturated carbocycles. The second-order valence-corrected chi connectivity index (χ2v) is 6.84. The topological polar surface area (TPSA) is 35.2 Å². The number of rotatable bonds is 3. The Morgan fingerprint density at radius 3 is 2.15 bits per heavy atom. The number of ether oxygens (including phenoxy) is 1. The molecule has 27 heavy (non-hydrogen) atoms. The molecule has 2 N–H and O–H groups in total. The highest BCUT2D eigenvalue weighted by atomic mass is 16.5. The van der Waals surface area contributed by atoms with Crippen LogP contribution >= 0.6 is 0 Å². The molecule has 0 saturated heterocycles. The highest BCUT2D eigenvalue weighted by Crippen LogP contribution is 2.44. The Kier molecular flexibility index (Phi) is 3.68. The molecule has 0 unspecified atom stereocenters. The van der Waals surface area contributed by atoms with E-state index in [1.54, 1.807) is 0 Å². The van der Waals surface area contributed by atoms with Crippen molar-refractivity contribution in [3.63, 3.8) is 0 Å². The number of anilines is 1. The fourth-order valence-corrected chi connectivity index (χ4v) is 3.89. The minimum Gasteiger partial charge on any atom is -0.457 e. The van der Waals surface area contributed by atoms with Gasteiger partial charge < -0.3 is 10.5 Å². The Morgan fingerprint density at radius 2 is 1.30 bits per heavy atom. The van der Waals surface area contributed by atoms with E-state index in [-0.39, 0.29) is 0 Å². The molecule has 5 rings (SSSR count). The maximum Gasteiger partial charge on any atom is 0.135 e. The summed E-state index contributed by atoms with van der Waals surface area (Å²) in [5.74, 6) is 1.59. The van der Waals surface area contributed by atoms with Crippen LogP contribution in [0.4, 0.5) is 5.69 Å². The molecule has 1 aliphatic carbocycles. The van der Waals surface area contributed by atoms with Crippen molar-refractivity contribution in [2.45, 2.75) is 6.42 Å². The minimum absolute atomic E-state index is 0.695. The molecule has 4 aromatic rings. The highest BCUT2D eigenvalue weighted by Gasteiger charge is 2.22. The zero-order valence-electron chi connectivity index (χ0n) is 14.9. The van der Waals surface area contributed by atoms with Crippen LogP contribution in [-0.4, -0.2) is 0 Å². The van der Waals surface area contributed by atoms with Gasteiger partial charge in [-0.2, -0.15) is 0 Å². The van der Waals surface area contributed by atoms with Gasteiger partial charge in [0.25, 0.3) is 0 Å². The number of fused-ring (bicyclic) bond motifs is 3. The van der Waals surface area contributed by atoms with Gasteiger partial charge in [0.2, 0.25) is 0 Å². The molecule has 4 aromatic carbocycles. The van der Waals surface area contributed by atoms with Crippen LogP contribution in [0.25, 0.3) is 22.3 Å². The summed E-state index contributed by atoms with van der Waals surface area (Å²) in [4.78, 5) is 0. The molecule has 1 aliphatic rings. The van der Waals surface area contributed by atoms with E-state index in [1.807, 2.05) is 36.4 Å². The van der Waals surface area contributed by atoms with Crippen LogP contribution in [0.2, 0.25) is 0 Å². The zero-order chi connectivity index (χ0) is 18.2. The Bertz CT molecular complexity index is 1150. The van der Waals surface area contributed by atoms with Gasteiger partial charge in [0.1, 0.15) is 11.5 Å². The van der Waals surface area contributed by atoms with E-state index in [9.17, 15) is 0 Å². The third kappa shape index (κ3) is 2.76. The van der Waals surface area contributed by atoms with E-state index >= 15 is 0 Å². The van der Waals surface area contributed by atoms with E-state index in [1.165, 1.54) is 27.8 Å². The maximum atomic E-state index is 6.20. The first-order valence-electron chi connectivity index (χ1n) is 9.12. The number of hydrogen-bond acceptors (Lipinski definition) is 2. The van der Waals surface area contributed by atoms with E-state index in [2.05, 4.69) is 54.6 Å². The van der Waals surface area contributed by atoms with Gasteiger partial charge in [0, 0.05) is 17.3 Å². The predicted molar refractivity (Wildman–Crippen MR) is 111 cm³/mol. The highest BCUT2D eigenvalue weighted by molar-refractivity contribution is 5.86. The molecule has 0 atom stereocenters. The molecule has 0 heterocycles. The van der Waals surface area contributed by atoms with Crippen molar-refractivity contribution >= 4 is 5.69 Å². The molecular weight excluding hydrogens is 330 g/mol. The molecule has 0 amide bonds. The average molecular weight is 349 g/mol. The summed E-state index contributed by atoms with van der Waals surface area (Å²) >= 11 is 0. The normalized spacial score (nSPS) is 11.7. The van der Waals surface area contributed by atoms with Crippen LogP contribution in [-0.2, 0) is 6.42 Å². The number of benzene rings is 4. The summed E-state index contributed by atoms with van der Waals surface area (Å²) < 4.78 is 6.20. The lowest BCUT2D eigenvalue weighted by molar-refractivity contribution is 0.485. The summed E-state index contributed by atoms with van der Waals surface area (Å²) in [6.45, 7) is 0. The van der Waals surface area contributed by atoms with Gasteiger partial charge in [0.15, 0.2) is 0 Å². The summed E-state index contributed by atoms with van der Waals surface area (Å²) in [5.41, 5.74) is 14.3. The second kappa shape index (κ2) is 6.33. The van der Waals surface area contributed by atoms with Crippen molar-refractivity contribution in [2.75, 3.05) is 5.73 Å². The molecule has 0 aliphatic heterocycles. The average Bonchev–Trinajstić information content (AvgIpc) is 3.07. The maximum absolute atomic E-state index is 6.20. The first kappa shape index (κ1) is 15.7. The first-order valence-corrected chi connectivity index (χ1v) is 9.12. The zero-order valence-corrected chi connectivity index (χ0v) is 14.9. The minimum atomic E-state index is 0.695. The van der Waals surface area contributed by atoms with Gasteiger partial charge in [-0.3, -0.25) is 0 Å². The van der Waals surface area contributed by atoms with E-state index in [0.717, 1.165) is 23.5 Å². The molecule has 0 aromatic heterocycles. The Labute approximate surface area is 158 Å². The fraction of sp³-hybridized carbons (Fsp3) is 0.0400. The Balaban J connectivity index is 1.61. The first-order chi connectivity index (χ1) is 13.3. The molecule has 2 nitrogen and oxygen atoms in total. The van der Waals surface area contributed by atoms with Crippen molar-refractivity contribution in [2.24, 2.45) is 0 Å². The predicted octanol–water partition coefficient (Wildman–Crippen LogP) is 6.30. The van der Waals surface area contributed by atoms with Crippen LogP contribution in [0.3, 0.4) is 0 Å². The van der Waals surface area contributed by atoms with E-state index < -0.39 is 0 Å². The lowest BCUT2D eigenvalue weighted by Crippen LogP contribution is -1.93. The van der Waals surface area contributed by atoms with Gasteiger partial charge in [-0.1, -0.05) is 66.7 Å². The van der Waals surface area contributed by atoms with Gasteiger partial charge in [-0.15, -0.1) is 0 Å². The largest absolute Gasteiger partial charge is 0.457 e. The lowest BCUT2D eigenvalue weighted by Gasteiger charge is -2.14. The van der Waals surface area contributed by atoms with Crippen LogP contribution in [0, 0.1) is 0 Å². The number of para-hydroxylation sites is 1. The van der Waals surface area contributed by atoms with Crippen molar-refractivity contribution in [3.8, 4) is 33.8 Å². The molecule has 0 spiro atoms. The third-order valence-electron chi connectivity index (χ3n) is 5.11. The molecule has 2 heteroatoms. The van der Waals surface area contributed by atoms with Gasteiger partial charge in [-0.05, 0) is 52.4 Å². The van der Waals surface area contributed by atoms with Crippen LogP contribution in [0.1, 0.15) is 11.1 Å². The summed E-state index contributed by atoms with van der Waals surface area (Å²) in [6.07, 6.45) is 0.953. The van der Waals surface area contributed by atoms with E-state index in [0.29, 0.717) is 5.69 Å². The monoisotopic (exact) mass is 349 g/mol. The molecule has 0 radical (unpaired) electrons. The SMILES string of the molecule is Nc1cccc(Oc2ccccc2-c2cccc3c2Cc2ccccc2-3)c1. The van der Waals surface area contributed by atoms with Gasteiger partial charge >= 0.3 is 0 Å². The Morgan fingerprint density at radius 1 is 0.630 bits per heavy atom. The smallest absolute Gasteiger partial charge is 0.135 e. The summed E-state index contributed by atoms with van der Waals surface area (Å²) in [6, 6.07) is 30.9. The van der Waals surface area contributed by atoms with Crippen molar-refractivity contribution in [1.82, 2.24) is 0 Å². The van der Waals surface area contributed by atoms with Crippen LogP contribution < -0.4 is 10.5 Å². The third-order valence-corrected chi connectivity index (χ3v) is 5.11. The van der Waals surface area contributed by atoms with Gasteiger partial charge in [0.05, 0.1) is 0 Å². The fourth-order valence-electron chi connectivity index (χ4n) is 3.89. The standard InChI is InChI=1S/C25H19NO/c26-18-8-5-9-19(16-18)27-25-14-4-3-11-23(25)22-13-6-12-21-20-10-2-1-7-17(20)15-24(21)22/h1-14,16H,15,26H2. The van der Waals surface area contributed by atoms with Crippen molar-refractivity contribution in [1.29, 1.82) is 0 Å². The number of nitrogens with two attached hydrogens (primary N) is 1.